The summed E-state index contributed by atoms with van der Waals surface area (Å²) in [4.78, 5) is 49.3. The fraction of sp³-hybridized carbons (Fsp3) is 0.840. The number of hydrogen-bond acceptors (Lipinski definition) is 5. The summed E-state index contributed by atoms with van der Waals surface area (Å²) in [5.74, 6) is 1.14. The Morgan fingerprint density at radius 1 is 1.06 bits per heavy atom. The van der Waals surface area contributed by atoms with Crippen molar-refractivity contribution in [1.82, 2.24) is 16.0 Å². The molecule has 0 aromatic carbocycles. The van der Waals surface area contributed by atoms with Gasteiger partial charge in [0.25, 0.3) is 0 Å². The number of carbonyl (C=O) groups excluding carboxylic acids is 4. The molecule has 0 unspecified atom stereocenters. The first-order valence-electron chi connectivity index (χ1n) is 13.0. The van der Waals surface area contributed by atoms with Crippen LogP contribution in [0.4, 0.5) is 4.79 Å². The lowest BCUT2D eigenvalue weighted by atomic mass is 9.85. The zero-order valence-corrected chi connectivity index (χ0v) is 21.4. The molecule has 1 aliphatic heterocycles. The largest absolute Gasteiger partial charge is 0.449 e. The van der Waals surface area contributed by atoms with Crippen molar-refractivity contribution in [3.05, 3.63) is 0 Å². The summed E-state index contributed by atoms with van der Waals surface area (Å²) in [7, 11) is 0. The number of ether oxygens (including phenoxy) is 1. The van der Waals surface area contributed by atoms with E-state index in [2.05, 4.69) is 28.6 Å². The molecule has 3 N–H and O–H groups in total. The molecule has 192 valence electrons. The van der Waals surface area contributed by atoms with Crippen LogP contribution in [0.25, 0.3) is 0 Å². The zero-order valence-electron chi connectivity index (χ0n) is 20.5. The second kappa shape index (κ2) is 12.8. The maximum Gasteiger partial charge on any atom is 0.407 e. The second-order valence-electron chi connectivity index (χ2n) is 10.8. The quantitative estimate of drug-likeness (QED) is 0.311. The van der Waals surface area contributed by atoms with Crippen LogP contribution in [-0.2, 0) is 19.1 Å². The van der Waals surface area contributed by atoms with Crippen molar-refractivity contribution < 1.29 is 23.9 Å². The third-order valence-electron chi connectivity index (χ3n) is 7.47. The van der Waals surface area contributed by atoms with Gasteiger partial charge in [-0.1, -0.05) is 46.0 Å². The fourth-order valence-corrected chi connectivity index (χ4v) is 5.54. The molecule has 0 aromatic heterocycles. The standard InChI is InChI=1S/C25H41N3O5S/c1-15(2)10-20(23(30)27-21(24(31)34)13-17-8-9-26-22(17)29)28-25(32)33-14-19-12-18(19)11-16-6-4-3-5-7-16/h15-21H,3-14H2,1-2H3,(H,26,29)(H,27,30)(H,28,32)(H,31,34)/t17-,18-,19+,20-,21-/m0/s1. The lowest BCUT2D eigenvalue weighted by molar-refractivity contribution is -0.128. The number of amides is 3. The third kappa shape index (κ3) is 8.47. The fourth-order valence-electron chi connectivity index (χ4n) is 5.37. The van der Waals surface area contributed by atoms with Crippen molar-refractivity contribution in [3.63, 3.8) is 0 Å². The highest BCUT2D eigenvalue weighted by Crippen LogP contribution is 2.45. The summed E-state index contributed by atoms with van der Waals surface area (Å²) in [6, 6.07) is -1.71. The van der Waals surface area contributed by atoms with Gasteiger partial charge in [-0.25, -0.2) is 4.79 Å². The highest BCUT2D eigenvalue weighted by molar-refractivity contribution is 7.96. The van der Waals surface area contributed by atoms with Crippen LogP contribution in [0.3, 0.4) is 0 Å². The van der Waals surface area contributed by atoms with Crippen LogP contribution in [-0.4, -0.2) is 48.3 Å². The Bertz CT molecular complexity index is 740. The Labute approximate surface area is 208 Å². The summed E-state index contributed by atoms with van der Waals surface area (Å²) in [5, 5.41) is 7.61. The maximum atomic E-state index is 12.9. The summed E-state index contributed by atoms with van der Waals surface area (Å²) in [6.07, 6.45) is 9.68. The van der Waals surface area contributed by atoms with E-state index in [-0.39, 0.29) is 24.2 Å². The molecule has 3 fully saturated rings. The Morgan fingerprint density at radius 2 is 1.79 bits per heavy atom. The Morgan fingerprint density at radius 3 is 2.41 bits per heavy atom. The van der Waals surface area contributed by atoms with Crippen LogP contribution in [0, 0.1) is 29.6 Å². The molecule has 5 atom stereocenters. The average Bonchev–Trinajstić information content (AvgIpc) is 3.40. The topological polar surface area (TPSA) is 114 Å². The highest BCUT2D eigenvalue weighted by atomic mass is 32.1. The first-order chi connectivity index (χ1) is 16.2. The van der Waals surface area contributed by atoms with E-state index in [1.807, 2.05) is 13.8 Å². The van der Waals surface area contributed by atoms with Crippen LogP contribution in [0.5, 0.6) is 0 Å². The number of hydrogen-bond donors (Lipinski definition) is 4. The number of rotatable bonds is 12. The number of thiol groups is 1. The van der Waals surface area contributed by atoms with Gasteiger partial charge in [0.1, 0.15) is 6.04 Å². The Kier molecular flexibility index (Phi) is 10.1. The van der Waals surface area contributed by atoms with Gasteiger partial charge in [0.05, 0.1) is 12.6 Å². The van der Waals surface area contributed by atoms with E-state index in [4.69, 9.17) is 4.74 Å². The molecular weight excluding hydrogens is 454 g/mol. The molecule has 3 amide bonds. The van der Waals surface area contributed by atoms with Crippen LogP contribution in [0.1, 0.15) is 78.1 Å². The molecule has 2 aliphatic carbocycles. The Balaban J connectivity index is 1.45. The van der Waals surface area contributed by atoms with E-state index in [9.17, 15) is 19.2 Å². The monoisotopic (exact) mass is 495 g/mol. The highest BCUT2D eigenvalue weighted by Gasteiger charge is 2.39. The van der Waals surface area contributed by atoms with Gasteiger partial charge < -0.3 is 20.7 Å². The number of carbonyl (C=O) groups is 4. The van der Waals surface area contributed by atoms with Crippen molar-refractivity contribution in [3.8, 4) is 0 Å². The van der Waals surface area contributed by atoms with Gasteiger partial charge in [0.2, 0.25) is 16.9 Å². The normalized spacial score (nSPS) is 26.5. The molecule has 3 rings (SSSR count). The SMILES string of the molecule is CC(C)C[C@H](NC(=O)OC[C@H]1C[C@@H]1CC1CCCCC1)C(=O)N[C@@H](C[C@@H]1CCNC1=O)C(=O)S. The van der Waals surface area contributed by atoms with Crippen molar-refractivity contribution >= 4 is 35.7 Å². The van der Waals surface area contributed by atoms with Crippen LogP contribution >= 0.6 is 12.6 Å². The summed E-state index contributed by atoms with van der Waals surface area (Å²) in [5.41, 5.74) is 0. The minimum absolute atomic E-state index is 0.115. The summed E-state index contributed by atoms with van der Waals surface area (Å²) >= 11 is 3.90. The van der Waals surface area contributed by atoms with E-state index in [0.29, 0.717) is 37.8 Å². The van der Waals surface area contributed by atoms with E-state index < -0.39 is 29.2 Å². The van der Waals surface area contributed by atoms with E-state index in [0.717, 1.165) is 12.3 Å². The predicted octanol–water partition coefficient (Wildman–Crippen LogP) is 3.20. The molecule has 0 aromatic rings. The van der Waals surface area contributed by atoms with Crippen molar-refractivity contribution in [2.45, 2.75) is 90.1 Å². The van der Waals surface area contributed by atoms with Gasteiger partial charge >= 0.3 is 6.09 Å². The van der Waals surface area contributed by atoms with Gasteiger partial charge in [-0.3, -0.25) is 14.4 Å². The minimum Gasteiger partial charge on any atom is -0.449 e. The average molecular weight is 496 g/mol. The molecule has 3 aliphatic rings. The van der Waals surface area contributed by atoms with Gasteiger partial charge in [-0.15, -0.1) is 12.6 Å². The van der Waals surface area contributed by atoms with Gasteiger partial charge in [-0.05, 0) is 55.8 Å². The smallest absolute Gasteiger partial charge is 0.407 e. The lowest BCUT2D eigenvalue weighted by Gasteiger charge is -2.24. The second-order valence-corrected chi connectivity index (χ2v) is 11.3. The lowest BCUT2D eigenvalue weighted by Crippen LogP contribution is -2.52. The Hall–Kier alpha value is -1.77. The number of alkyl carbamates (subject to hydrolysis) is 1. The summed E-state index contributed by atoms with van der Waals surface area (Å²) in [6.45, 7) is 4.86. The van der Waals surface area contributed by atoms with Gasteiger partial charge in [0, 0.05) is 12.5 Å². The van der Waals surface area contributed by atoms with Crippen molar-refractivity contribution in [1.29, 1.82) is 0 Å². The van der Waals surface area contributed by atoms with E-state index in [1.54, 1.807) is 0 Å². The zero-order chi connectivity index (χ0) is 24.7. The minimum atomic E-state index is -0.885. The van der Waals surface area contributed by atoms with Crippen LogP contribution in [0.15, 0.2) is 0 Å². The van der Waals surface area contributed by atoms with Gasteiger partial charge in [0.15, 0.2) is 0 Å². The molecule has 8 nitrogen and oxygen atoms in total. The molecule has 1 heterocycles. The molecule has 0 spiro atoms. The molecule has 34 heavy (non-hydrogen) atoms. The van der Waals surface area contributed by atoms with E-state index in [1.165, 1.54) is 38.5 Å². The summed E-state index contributed by atoms with van der Waals surface area (Å²) < 4.78 is 5.46. The van der Waals surface area contributed by atoms with Crippen LogP contribution in [0.2, 0.25) is 0 Å². The molecule has 1 saturated heterocycles. The van der Waals surface area contributed by atoms with Crippen LogP contribution < -0.4 is 16.0 Å². The molecule has 0 bridgehead atoms. The molecule has 0 radical (unpaired) electrons. The first-order valence-corrected chi connectivity index (χ1v) is 13.4. The molecule has 9 heteroatoms. The molecule has 2 saturated carbocycles. The van der Waals surface area contributed by atoms with Gasteiger partial charge in [-0.2, -0.15) is 0 Å². The van der Waals surface area contributed by atoms with Crippen molar-refractivity contribution in [2.24, 2.45) is 29.6 Å². The van der Waals surface area contributed by atoms with Crippen molar-refractivity contribution in [2.75, 3.05) is 13.2 Å². The third-order valence-corrected chi connectivity index (χ3v) is 7.78. The maximum absolute atomic E-state index is 12.9. The first kappa shape index (κ1) is 26.8. The predicted molar refractivity (Wildman–Crippen MR) is 132 cm³/mol. The van der Waals surface area contributed by atoms with E-state index >= 15 is 0 Å². The molecular formula is C25H41N3O5S. The number of nitrogens with one attached hydrogen (secondary N) is 3.